The van der Waals surface area contributed by atoms with Gasteiger partial charge in [-0.2, -0.15) is 0 Å². The van der Waals surface area contributed by atoms with Gasteiger partial charge in [0.25, 0.3) is 0 Å². The Hall–Kier alpha value is -0.790. The van der Waals surface area contributed by atoms with Crippen molar-refractivity contribution in [3.05, 3.63) is 11.8 Å². The van der Waals surface area contributed by atoms with Crippen molar-refractivity contribution in [3.63, 3.8) is 0 Å². The van der Waals surface area contributed by atoms with Crippen LogP contribution in [0.3, 0.4) is 0 Å². The normalized spacial score (nSPS) is 12.7. The molecule has 0 aliphatic heterocycles. The van der Waals surface area contributed by atoms with E-state index in [1.165, 1.54) is 5.57 Å². The topological polar surface area (TPSA) is 15.6 Å². The zero-order chi connectivity index (χ0) is 7.28. The van der Waals surface area contributed by atoms with Gasteiger partial charge < -0.3 is 4.90 Å². The standard InChI is InChI=1S/C7H14N2/c1-7(5-8-2)6-9(3)4/h5-6H,1-4H3/b7-6+,8-5?. The van der Waals surface area contributed by atoms with Gasteiger partial charge in [-0.1, -0.05) is 0 Å². The molecule has 0 saturated carbocycles. The molecule has 0 aliphatic carbocycles. The number of hydrogen-bond acceptors (Lipinski definition) is 2. The van der Waals surface area contributed by atoms with Gasteiger partial charge in [0, 0.05) is 33.6 Å². The largest absolute Gasteiger partial charge is 0.383 e. The van der Waals surface area contributed by atoms with Gasteiger partial charge in [0.05, 0.1) is 0 Å². The summed E-state index contributed by atoms with van der Waals surface area (Å²) in [6.07, 6.45) is 3.85. The van der Waals surface area contributed by atoms with Crippen LogP contribution in [0.2, 0.25) is 0 Å². The van der Waals surface area contributed by atoms with Crippen LogP contribution in [-0.4, -0.2) is 32.3 Å². The Bertz CT molecular complexity index is 123. The summed E-state index contributed by atoms with van der Waals surface area (Å²) in [5.41, 5.74) is 1.17. The van der Waals surface area contributed by atoms with E-state index < -0.39 is 0 Å². The summed E-state index contributed by atoms with van der Waals surface area (Å²) < 4.78 is 0. The van der Waals surface area contributed by atoms with Crippen molar-refractivity contribution < 1.29 is 0 Å². The van der Waals surface area contributed by atoms with Crippen LogP contribution >= 0.6 is 0 Å². The molecule has 0 aromatic rings. The van der Waals surface area contributed by atoms with Crippen molar-refractivity contribution in [1.82, 2.24) is 4.90 Å². The molecule has 2 nitrogen and oxygen atoms in total. The smallest absolute Gasteiger partial charge is 0.0277 e. The highest BCUT2D eigenvalue weighted by molar-refractivity contribution is 5.77. The van der Waals surface area contributed by atoms with Crippen LogP contribution in [-0.2, 0) is 0 Å². The monoisotopic (exact) mass is 126 g/mol. The molecule has 0 spiro atoms. The van der Waals surface area contributed by atoms with E-state index >= 15 is 0 Å². The third-order valence-electron chi connectivity index (χ3n) is 0.795. The Kier molecular flexibility index (Phi) is 3.76. The van der Waals surface area contributed by atoms with Gasteiger partial charge in [-0.3, -0.25) is 4.99 Å². The van der Waals surface area contributed by atoms with E-state index in [0.29, 0.717) is 0 Å². The molecule has 0 saturated heterocycles. The van der Waals surface area contributed by atoms with Crippen molar-refractivity contribution in [3.8, 4) is 0 Å². The summed E-state index contributed by atoms with van der Waals surface area (Å²) >= 11 is 0. The minimum absolute atomic E-state index is 1.17. The molecule has 0 heterocycles. The van der Waals surface area contributed by atoms with Crippen LogP contribution in [0.5, 0.6) is 0 Å². The van der Waals surface area contributed by atoms with E-state index in [4.69, 9.17) is 0 Å². The Morgan fingerprint density at radius 2 is 2.00 bits per heavy atom. The van der Waals surface area contributed by atoms with Crippen molar-refractivity contribution in [1.29, 1.82) is 0 Å². The second-order valence-corrected chi connectivity index (χ2v) is 2.22. The summed E-state index contributed by atoms with van der Waals surface area (Å²) in [5, 5.41) is 0. The number of nitrogens with zero attached hydrogens (tertiary/aromatic N) is 2. The van der Waals surface area contributed by atoms with Crippen molar-refractivity contribution in [2.75, 3.05) is 21.1 Å². The molecule has 0 aromatic carbocycles. The van der Waals surface area contributed by atoms with E-state index in [-0.39, 0.29) is 0 Å². The van der Waals surface area contributed by atoms with Crippen molar-refractivity contribution in [2.45, 2.75) is 6.92 Å². The molecular weight excluding hydrogens is 112 g/mol. The van der Waals surface area contributed by atoms with E-state index in [1.807, 2.05) is 38.3 Å². The fourth-order valence-corrected chi connectivity index (χ4v) is 0.644. The Balaban J connectivity index is 3.84. The van der Waals surface area contributed by atoms with Crippen LogP contribution in [0.4, 0.5) is 0 Å². The average Bonchev–Trinajstić information content (AvgIpc) is 1.63. The molecule has 0 radical (unpaired) electrons. The van der Waals surface area contributed by atoms with Gasteiger partial charge in [0.2, 0.25) is 0 Å². The first-order chi connectivity index (χ1) is 4.16. The maximum absolute atomic E-state index is 3.87. The van der Waals surface area contributed by atoms with Gasteiger partial charge in [0.1, 0.15) is 0 Å². The van der Waals surface area contributed by atoms with E-state index in [9.17, 15) is 0 Å². The minimum atomic E-state index is 1.17. The number of hydrogen-bond donors (Lipinski definition) is 0. The average molecular weight is 126 g/mol. The zero-order valence-corrected chi connectivity index (χ0v) is 6.55. The van der Waals surface area contributed by atoms with Gasteiger partial charge >= 0.3 is 0 Å². The zero-order valence-electron chi connectivity index (χ0n) is 6.55. The fraction of sp³-hybridized carbons (Fsp3) is 0.571. The first-order valence-corrected chi connectivity index (χ1v) is 2.94. The van der Waals surface area contributed by atoms with E-state index in [1.54, 1.807) is 7.05 Å². The quantitative estimate of drug-likeness (QED) is 0.507. The molecule has 0 aromatic heterocycles. The van der Waals surface area contributed by atoms with Gasteiger partial charge in [-0.25, -0.2) is 0 Å². The number of rotatable bonds is 2. The summed E-state index contributed by atoms with van der Waals surface area (Å²) in [4.78, 5) is 5.87. The summed E-state index contributed by atoms with van der Waals surface area (Å²) in [7, 11) is 5.76. The lowest BCUT2D eigenvalue weighted by Crippen LogP contribution is -2.02. The molecule has 2 heteroatoms. The molecule has 0 bridgehead atoms. The molecule has 0 aliphatic rings. The highest BCUT2D eigenvalue weighted by atomic mass is 15.0. The van der Waals surface area contributed by atoms with Crippen molar-refractivity contribution in [2.24, 2.45) is 4.99 Å². The minimum Gasteiger partial charge on any atom is -0.383 e. The molecule has 0 atom stereocenters. The highest BCUT2D eigenvalue weighted by Crippen LogP contribution is 1.87. The lowest BCUT2D eigenvalue weighted by molar-refractivity contribution is 0.561. The van der Waals surface area contributed by atoms with Crippen LogP contribution < -0.4 is 0 Å². The summed E-state index contributed by atoms with van der Waals surface area (Å²) in [6, 6.07) is 0. The van der Waals surface area contributed by atoms with Crippen LogP contribution in [0.1, 0.15) is 6.92 Å². The predicted molar refractivity (Wildman–Crippen MR) is 41.9 cm³/mol. The highest BCUT2D eigenvalue weighted by Gasteiger charge is 1.80. The lowest BCUT2D eigenvalue weighted by Gasteiger charge is -2.03. The lowest BCUT2D eigenvalue weighted by atomic mass is 10.3. The fourth-order valence-electron chi connectivity index (χ4n) is 0.644. The predicted octanol–water partition coefficient (Wildman–Crippen LogP) is 1.15. The Morgan fingerprint density at radius 3 is 2.33 bits per heavy atom. The molecule has 52 valence electrons. The van der Waals surface area contributed by atoms with Crippen LogP contribution in [0, 0.1) is 0 Å². The molecule has 0 fully saturated rings. The van der Waals surface area contributed by atoms with E-state index in [0.717, 1.165) is 0 Å². The number of aliphatic imine (C=N–C) groups is 1. The maximum Gasteiger partial charge on any atom is 0.0277 e. The molecular formula is C7H14N2. The third kappa shape index (κ3) is 5.07. The third-order valence-corrected chi connectivity index (χ3v) is 0.795. The Morgan fingerprint density at radius 1 is 1.44 bits per heavy atom. The van der Waals surface area contributed by atoms with E-state index in [2.05, 4.69) is 4.99 Å². The second-order valence-electron chi connectivity index (χ2n) is 2.22. The van der Waals surface area contributed by atoms with Gasteiger partial charge in [-0.05, 0) is 12.5 Å². The molecule has 0 rings (SSSR count). The molecule has 9 heavy (non-hydrogen) atoms. The molecule has 0 unspecified atom stereocenters. The molecule has 0 N–H and O–H groups in total. The number of allylic oxidation sites excluding steroid dienone is 1. The first kappa shape index (κ1) is 8.21. The SMILES string of the molecule is CN=C/C(C)=C/N(C)C. The second kappa shape index (κ2) is 4.13. The maximum atomic E-state index is 3.87. The van der Waals surface area contributed by atoms with Crippen LogP contribution in [0.15, 0.2) is 16.8 Å². The van der Waals surface area contributed by atoms with Crippen molar-refractivity contribution >= 4 is 6.21 Å². The Labute approximate surface area is 56.9 Å². The summed E-state index contributed by atoms with van der Waals surface area (Å²) in [5.74, 6) is 0. The van der Waals surface area contributed by atoms with Gasteiger partial charge in [0.15, 0.2) is 0 Å². The first-order valence-electron chi connectivity index (χ1n) is 2.94. The van der Waals surface area contributed by atoms with Crippen LogP contribution in [0.25, 0.3) is 0 Å². The molecule has 0 amide bonds. The van der Waals surface area contributed by atoms with Gasteiger partial charge in [-0.15, -0.1) is 0 Å². The summed E-state index contributed by atoms with van der Waals surface area (Å²) in [6.45, 7) is 2.02.